The van der Waals surface area contributed by atoms with Gasteiger partial charge in [0.2, 0.25) is 0 Å². The Balaban J connectivity index is 1.78. The van der Waals surface area contributed by atoms with E-state index < -0.39 is 0 Å². The van der Waals surface area contributed by atoms with Crippen LogP contribution in [0.2, 0.25) is 0 Å². The van der Waals surface area contributed by atoms with E-state index in [2.05, 4.69) is 11.9 Å². The maximum Gasteiger partial charge on any atom is 0.159 e. The zero-order valence-electron chi connectivity index (χ0n) is 13.2. The highest BCUT2D eigenvalue weighted by Gasteiger charge is 2.20. The number of hydrogen-bond acceptors (Lipinski definition) is 4. The molecule has 122 valence electrons. The summed E-state index contributed by atoms with van der Waals surface area (Å²) in [6, 6.07) is 10.8. The molecule has 0 unspecified atom stereocenters. The summed E-state index contributed by atoms with van der Waals surface area (Å²) in [6.45, 7) is 5.94. The summed E-state index contributed by atoms with van der Waals surface area (Å²) in [7, 11) is 0. The molecule has 0 saturated heterocycles. The first-order valence-electron chi connectivity index (χ1n) is 7.47. The highest BCUT2D eigenvalue weighted by Crippen LogP contribution is 2.39. The van der Waals surface area contributed by atoms with Gasteiger partial charge in [-0.25, -0.2) is 4.39 Å². The van der Waals surface area contributed by atoms with Crippen molar-refractivity contribution in [3.05, 3.63) is 77.8 Å². The van der Waals surface area contributed by atoms with Crippen molar-refractivity contribution in [3.8, 4) is 5.75 Å². The van der Waals surface area contributed by atoms with Crippen LogP contribution in [-0.4, -0.2) is 5.04 Å². The average Bonchev–Trinajstić information content (AvgIpc) is 2.57. The maximum absolute atomic E-state index is 13.6. The lowest BCUT2D eigenvalue weighted by atomic mass is 10.1. The Bertz CT molecular complexity index is 845. The molecule has 24 heavy (non-hydrogen) atoms. The molecule has 0 amide bonds. The monoisotopic (exact) mass is 340 g/mol. The Kier molecular flexibility index (Phi) is 4.71. The summed E-state index contributed by atoms with van der Waals surface area (Å²) in [5, 5.41) is 11.6. The summed E-state index contributed by atoms with van der Waals surface area (Å²) < 4.78 is 19.4. The first-order chi connectivity index (χ1) is 11.6. The van der Waals surface area contributed by atoms with Crippen LogP contribution >= 0.6 is 11.8 Å². The van der Waals surface area contributed by atoms with Crippen molar-refractivity contribution in [2.45, 2.75) is 18.4 Å². The minimum absolute atomic E-state index is 0.197. The largest absolute Gasteiger partial charge is 0.453 e. The molecule has 0 aliphatic carbocycles. The van der Waals surface area contributed by atoms with E-state index in [0.29, 0.717) is 28.7 Å². The Hall–Kier alpha value is -2.53. The minimum atomic E-state index is -0.197. The second kappa shape index (κ2) is 6.93. The number of fused-ring (bicyclic) bond motifs is 1. The molecule has 2 N–H and O–H groups in total. The summed E-state index contributed by atoms with van der Waals surface area (Å²) in [5.74, 6) is 0.989. The molecule has 0 atom stereocenters. The maximum atomic E-state index is 13.6. The van der Waals surface area contributed by atoms with Crippen molar-refractivity contribution in [3.63, 3.8) is 0 Å². The number of rotatable bonds is 4. The van der Waals surface area contributed by atoms with Crippen LogP contribution in [0.3, 0.4) is 0 Å². The van der Waals surface area contributed by atoms with E-state index in [4.69, 9.17) is 10.1 Å². The minimum Gasteiger partial charge on any atom is -0.453 e. The van der Waals surface area contributed by atoms with Crippen molar-refractivity contribution in [2.24, 2.45) is 0 Å². The summed E-state index contributed by atoms with van der Waals surface area (Å²) in [4.78, 5) is 0.897. The van der Waals surface area contributed by atoms with Crippen LogP contribution in [0.5, 0.6) is 5.75 Å². The molecule has 0 spiro atoms. The van der Waals surface area contributed by atoms with Gasteiger partial charge in [0.05, 0.1) is 4.90 Å². The van der Waals surface area contributed by atoms with Gasteiger partial charge in [-0.1, -0.05) is 36.5 Å². The van der Waals surface area contributed by atoms with Crippen LogP contribution in [0.15, 0.2) is 65.8 Å². The molecule has 0 bridgehead atoms. The molecule has 3 rings (SSSR count). The van der Waals surface area contributed by atoms with Crippen LogP contribution in [0.1, 0.15) is 11.1 Å². The summed E-state index contributed by atoms with van der Waals surface area (Å²) in [5.41, 5.74) is 2.45. The molecule has 0 fully saturated rings. The fourth-order valence-corrected chi connectivity index (χ4v) is 3.13. The fourth-order valence-electron chi connectivity index (χ4n) is 2.36. The van der Waals surface area contributed by atoms with Gasteiger partial charge in [-0.15, -0.1) is 0 Å². The van der Waals surface area contributed by atoms with Crippen molar-refractivity contribution in [2.75, 3.05) is 5.32 Å². The molecule has 0 aromatic heterocycles. The van der Waals surface area contributed by atoms with Crippen molar-refractivity contribution < 1.29 is 9.13 Å². The smallest absolute Gasteiger partial charge is 0.159 e. The van der Waals surface area contributed by atoms with E-state index in [0.717, 1.165) is 16.1 Å². The zero-order valence-corrected chi connectivity index (χ0v) is 14.0. The molecule has 0 radical (unpaired) electrons. The fraction of sp³-hybridized carbons (Fsp3) is 0.105. The van der Waals surface area contributed by atoms with E-state index in [1.165, 1.54) is 17.8 Å². The standard InChI is InChI=1S/C19H17FN2OS/c1-3-5-16-19(21)24-18-9-8-14(10-17(18)23-16)22-11-13-6-4-7-15(20)12(13)2/h3-10,21-22H,1,11H2,2H3/b16-5+,21-19?. The van der Waals surface area contributed by atoms with Gasteiger partial charge in [-0.2, -0.15) is 0 Å². The molecule has 5 heteroatoms. The summed E-state index contributed by atoms with van der Waals surface area (Å²) >= 11 is 1.35. The molecule has 2 aromatic carbocycles. The van der Waals surface area contributed by atoms with Crippen LogP contribution in [-0.2, 0) is 6.54 Å². The van der Waals surface area contributed by atoms with Crippen molar-refractivity contribution >= 4 is 22.5 Å². The van der Waals surface area contributed by atoms with E-state index in [-0.39, 0.29) is 5.82 Å². The second-order valence-electron chi connectivity index (χ2n) is 5.34. The first-order valence-corrected chi connectivity index (χ1v) is 8.29. The second-order valence-corrected chi connectivity index (χ2v) is 6.39. The Morgan fingerprint density at radius 1 is 1.33 bits per heavy atom. The molecular formula is C19H17FN2OS. The van der Waals surface area contributed by atoms with Gasteiger partial charge in [-0.3, -0.25) is 5.41 Å². The quantitative estimate of drug-likeness (QED) is 0.796. The third kappa shape index (κ3) is 3.36. The van der Waals surface area contributed by atoms with Crippen LogP contribution in [0, 0.1) is 18.2 Å². The van der Waals surface area contributed by atoms with Gasteiger partial charge in [0.1, 0.15) is 16.6 Å². The normalized spacial score (nSPS) is 14.9. The number of ether oxygens (including phenoxy) is 1. The highest BCUT2D eigenvalue weighted by molar-refractivity contribution is 8.14. The molecular weight excluding hydrogens is 323 g/mol. The van der Waals surface area contributed by atoms with Crippen molar-refractivity contribution in [1.82, 2.24) is 0 Å². The SMILES string of the molecule is C=C/C=C1/Oc2cc(NCc3cccc(F)c3C)ccc2SC1=N. The van der Waals surface area contributed by atoms with Crippen LogP contribution < -0.4 is 10.1 Å². The molecule has 2 aromatic rings. The van der Waals surface area contributed by atoms with E-state index >= 15 is 0 Å². The number of anilines is 1. The third-order valence-electron chi connectivity index (χ3n) is 3.73. The molecule has 1 aliphatic rings. The lowest BCUT2D eigenvalue weighted by Crippen LogP contribution is -2.11. The topological polar surface area (TPSA) is 45.1 Å². The van der Waals surface area contributed by atoms with E-state index in [9.17, 15) is 4.39 Å². The van der Waals surface area contributed by atoms with Crippen molar-refractivity contribution in [1.29, 1.82) is 5.41 Å². The number of halogens is 1. The zero-order chi connectivity index (χ0) is 17.1. The number of benzene rings is 2. The van der Waals surface area contributed by atoms with Gasteiger partial charge in [-0.05, 0) is 42.3 Å². The van der Waals surface area contributed by atoms with E-state index in [1.807, 2.05) is 24.3 Å². The number of nitrogens with one attached hydrogen (secondary N) is 2. The van der Waals surface area contributed by atoms with Gasteiger partial charge >= 0.3 is 0 Å². The molecule has 1 aliphatic heterocycles. The first kappa shape index (κ1) is 16.3. The number of allylic oxidation sites excluding steroid dienone is 2. The Labute approximate surface area is 144 Å². The van der Waals surface area contributed by atoms with Crippen LogP contribution in [0.4, 0.5) is 10.1 Å². The predicted molar refractivity (Wildman–Crippen MR) is 97.4 cm³/mol. The van der Waals surface area contributed by atoms with Gasteiger partial charge in [0, 0.05) is 18.3 Å². The highest BCUT2D eigenvalue weighted by atomic mass is 32.2. The van der Waals surface area contributed by atoms with Gasteiger partial charge in [0.25, 0.3) is 0 Å². The Morgan fingerprint density at radius 3 is 2.96 bits per heavy atom. The number of hydrogen-bond donors (Lipinski definition) is 2. The van der Waals surface area contributed by atoms with E-state index in [1.54, 1.807) is 25.1 Å². The van der Waals surface area contributed by atoms with Gasteiger partial charge in [0.15, 0.2) is 5.76 Å². The van der Waals surface area contributed by atoms with Crippen LogP contribution in [0.25, 0.3) is 0 Å². The average molecular weight is 340 g/mol. The lowest BCUT2D eigenvalue weighted by Gasteiger charge is -2.20. The lowest BCUT2D eigenvalue weighted by molar-refractivity contribution is 0.442. The van der Waals surface area contributed by atoms with Gasteiger partial charge < -0.3 is 10.1 Å². The molecule has 1 heterocycles. The predicted octanol–water partition coefficient (Wildman–Crippen LogP) is 5.28. The third-order valence-corrected chi connectivity index (χ3v) is 4.69. The Morgan fingerprint density at radius 2 is 2.17 bits per heavy atom. The molecule has 3 nitrogen and oxygen atoms in total. The number of thioether (sulfide) groups is 1. The molecule has 0 saturated carbocycles. The summed E-state index contributed by atoms with van der Waals surface area (Å²) in [6.07, 6.45) is 3.28.